The molecule has 0 spiro atoms. The number of para-hydroxylation sites is 2. The number of thioether (sulfide) groups is 1. The fourth-order valence-corrected chi connectivity index (χ4v) is 4.56. The van der Waals surface area contributed by atoms with Gasteiger partial charge in [-0.1, -0.05) is 48.2 Å². The Balaban J connectivity index is 1.52. The number of rotatable bonds is 6. The number of aryl methyl sites for hydroxylation is 1. The van der Waals surface area contributed by atoms with E-state index in [0.29, 0.717) is 39.0 Å². The van der Waals surface area contributed by atoms with Crippen LogP contribution in [0.15, 0.2) is 82.7 Å². The third kappa shape index (κ3) is 3.90. The second-order valence-corrected chi connectivity index (χ2v) is 8.59. The van der Waals surface area contributed by atoms with Crippen LogP contribution in [-0.2, 0) is 4.79 Å². The largest absolute Gasteiger partial charge is 0.495 e. The molecule has 0 bridgehead atoms. The highest BCUT2D eigenvalue weighted by atomic mass is 32.2. The molecule has 3 aromatic carbocycles. The molecule has 1 N–H and O–H groups in total. The van der Waals surface area contributed by atoms with Crippen molar-refractivity contribution in [3.05, 3.63) is 88.7 Å². The summed E-state index contributed by atoms with van der Waals surface area (Å²) in [5.41, 5.74) is 2.82. The summed E-state index contributed by atoms with van der Waals surface area (Å²) in [6.45, 7) is 1.95. The van der Waals surface area contributed by atoms with Crippen molar-refractivity contribution in [3.8, 4) is 11.4 Å². The van der Waals surface area contributed by atoms with E-state index in [4.69, 9.17) is 4.74 Å². The molecule has 0 aliphatic heterocycles. The first-order valence-electron chi connectivity index (χ1n) is 10.6. The molecule has 8 nitrogen and oxygen atoms in total. The summed E-state index contributed by atoms with van der Waals surface area (Å²) in [6, 6.07) is 22.2. The lowest BCUT2D eigenvalue weighted by atomic mass is 10.2. The molecule has 9 heteroatoms. The predicted molar refractivity (Wildman–Crippen MR) is 133 cm³/mol. The standard InChI is InChI=1S/C25H21N5O3S/c1-16-12-13-21(33-2)19(14-16)26-22(31)15-34-25-28-27-24-29(17-8-4-3-5-9-17)23(32)18-10-6-7-11-20(18)30(24)25/h3-14H,15H2,1-2H3,(H,26,31). The van der Waals surface area contributed by atoms with Gasteiger partial charge >= 0.3 is 0 Å². The Kier molecular flexibility index (Phi) is 5.77. The number of carbonyl (C=O) groups excluding carboxylic acids is 1. The third-order valence-corrected chi connectivity index (χ3v) is 6.30. The number of nitrogens with zero attached hydrogens (tertiary/aromatic N) is 4. The van der Waals surface area contributed by atoms with Gasteiger partial charge in [-0.2, -0.15) is 0 Å². The molecule has 2 aromatic heterocycles. The Labute approximate surface area is 199 Å². The minimum atomic E-state index is -0.202. The number of aromatic nitrogens is 4. The van der Waals surface area contributed by atoms with Crippen molar-refractivity contribution in [2.75, 3.05) is 18.2 Å². The second-order valence-electron chi connectivity index (χ2n) is 7.65. The highest BCUT2D eigenvalue weighted by Gasteiger charge is 2.19. The molecule has 0 aliphatic carbocycles. The normalized spacial score (nSPS) is 11.1. The number of amides is 1. The van der Waals surface area contributed by atoms with Crippen LogP contribution < -0.4 is 15.6 Å². The van der Waals surface area contributed by atoms with Crippen LogP contribution in [0.3, 0.4) is 0 Å². The third-order valence-electron chi connectivity index (χ3n) is 5.37. The van der Waals surface area contributed by atoms with E-state index >= 15 is 0 Å². The zero-order chi connectivity index (χ0) is 23.7. The van der Waals surface area contributed by atoms with Crippen LogP contribution in [-0.4, -0.2) is 37.9 Å². The number of ether oxygens (including phenoxy) is 1. The van der Waals surface area contributed by atoms with Crippen LogP contribution in [0.2, 0.25) is 0 Å². The topological polar surface area (TPSA) is 90.5 Å². The fourth-order valence-electron chi connectivity index (χ4n) is 3.82. The van der Waals surface area contributed by atoms with Crippen molar-refractivity contribution < 1.29 is 9.53 Å². The van der Waals surface area contributed by atoms with Crippen molar-refractivity contribution in [3.63, 3.8) is 0 Å². The van der Waals surface area contributed by atoms with E-state index in [-0.39, 0.29) is 17.2 Å². The Morgan fingerprint density at radius 1 is 1.03 bits per heavy atom. The number of benzene rings is 3. The number of methoxy groups -OCH3 is 1. The number of anilines is 1. The molecular formula is C25H21N5O3S. The molecule has 0 radical (unpaired) electrons. The summed E-state index contributed by atoms with van der Waals surface area (Å²) < 4.78 is 8.70. The average Bonchev–Trinajstić information content (AvgIpc) is 3.27. The van der Waals surface area contributed by atoms with Crippen molar-refractivity contribution >= 4 is 40.0 Å². The van der Waals surface area contributed by atoms with Gasteiger partial charge in [-0.25, -0.2) is 4.57 Å². The molecule has 5 rings (SSSR count). The summed E-state index contributed by atoms with van der Waals surface area (Å²) in [4.78, 5) is 26.0. The SMILES string of the molecule is COc1ccc(C)cc1NC(=O)CSc1nnc2n(-c3ccccc3)c(=O)c3ccccc3n12. The van der Waals surface area contributed by atoms with E-state index in [2.05, 4.69) is 15.5 Å². The molecule has 34 heavy (non-hydrogen) atoms. The van der Waals surface area contributed by atoms with Gasteiger partial charge in [0.1, 0.15) is 5.75 Å². The fraction of sp³-hybridized carbons (Fsp3) is 0.120. The molecule has 170 valence electrons. The Bertz CT molecular complexity index is 1580. The lowest BCUT2D eigenvalue weighted by molar-refractivity contribution is -0.113. The summed E-state index contributed by atoms with van der Waals surface area (Å²) >= 11 is 1.25. The van der Waals surface area contributed by atoms with Crippen molar-refractivity contribution in [1.29, 1.82) is 0 Å². The Morgan fingerprint density at radius 3 is 2.59 bits per heavy atom. The monoisotopic (exact) mass is 471 g/mol. The number of hydrogen-bond acceptors (Lipinski definition) is 6. The highest BCUT2D eigenvalue weighted by molar-refractivity contribution is 7.99. The number of nitrogens with one attached hydrogen (secondary N) is 1. The summed E-state index contributed by atoms with van der Waals surface area (Å²) in [6.07, 6.45) is 0. The van der Waals surface area contributed by atoms with Gasteiger partial charge < -0.3 is 10.1 Å². The van der Waals surface area contributed by atoms with E-state index in [9.17, 15) is 9.59 Å². The van der Waals surface area contributed by atoms with Gasteiger partial charge in [0, 0.05) is 0 Å². The quantitative estimate of drug-likeness (QED) is 0.375. The molecule has 2 heterocycles. The molecule has 0 aliphatic rings. The van der Waals surface area contributed by atoms with Gasteiger partial charge in [0.05, 0.1) is 35.1 Å². The molecule has 0 atom stereocenters. The minimum Gasteiger partial charge on any atom is -0.495 e. The van der Waals surface area contributed by atoms with E-state index in [0.717, 1.165) is 5.56 Å². The van der Waals surface area contributed by atoms with Gasteiger partial charge in [-0.15, -0.1) is 10.2 Å². The van der Waals surface area contributed by atoms with Gasteiger partial charge in [0.2, 0.25) is 11.7 Å². The first-order chi connectivity index (χ1) is 16.6. The second kappa shape index (κ2) is 9.03. The predicted octanol–water partition coefficient (Wildman–Crippen LogP) is 4.08. The lowest BCUT2D eigenvalue weighted by Gasteiger charge is -2.12. The summed E-state index contributed by atoms with van der Waals surface area (Å²) in [5.74, 6) is 0.885. The van der Waals surface area contributed by atoms with Gasteiger partial charge in [0.15, 0.2) is 5.16 Å². The molecule has 1 amide bonds. The molecule has 5 aromatic rings. The van der Waals surface area contributed by atoms with E-state index in [1.54, 1.807) is 13.2 Å². The molecule has 0 fully saturated rings. The zero-order valence-electron chi connectivity index (χ0n) is 18.6. The van der Waals surface area contributed by atoms with E-state index in [1.807, 2.05) is 78.1 Å². The molecule has 0 saturated heterocycles. The van der Waals surface area contributed by atoms with Crippen LogP contribution in [0, 0.1) is 6.92 Å². The van der Waals surface area contributed by atoms with Crippen molar-refractivity contribution in [2.45, 2.75) is 12.1 Å². The van der Waals surface area contributed by atoms with Gasteiger partial charge in [-0.3, -0.25) is 14.0 Å². The summed E-state index contributed by atoms with van der Waals surface area (Å²) in [5, 5.41) is 12.6. The first-order valence-corrected chi connectivity index (χ1v) is 11.6. The first kappa shape index (κ1) is 21.7. The van der Waals surface area contributed by atoms with Gasteiger partial charge in [0.25, 0.3) is 5.56 Å². The zero-order valence-corrected chi connectivity index (χ0v) is 19.4. The Hall–Kier alpha value is -4.11. The van der Waals surface area contributed by atoms with Crippen LogP contribution >= 0.6 is 11.8 Å². The van der Waals surface area contributed by atoms with Crippen LogP contribution in [0.25, 0.3) is 22.4 Å². The molecule has 0 unspecified atom stereocenters. The highest BCUT2D eigenvalue weighted by Crippen LogP contribution is 2.27. The molecule has 0 saturated carbocycles. The van der Waals surface area contributed by atoms with Crippen LogP contribution in [0.1, 0.15) is 5.56 Å². The maximum atomic E-state index is 13.3. The van der Waals surface area contributed by atoms with E-state index < -0.39 is 0 Å². The van der Waals surface area contributed by atoms with Crippen molar-refractivity contribution in [2.24, 2.45) is 0 Å². The molecular weight excluding hydrogens is 450 g/mol. The number of fused-ring (bicyclic) bond motifs is 3. The van der Waals surface area contributed by atoms with E-state index in [1.165, 1.54) is 16.3 Å². The summed E-state index contributed by atoms with van der Waals surface area (Å²) in [7, 11) is 1.56. The van der Waals surface area contributed by atoms with Gasteiger partial charge in [-0.05, 0) is 48.9 Å². The average molecular weight is 472 g/mol. The van der Waals surface area contributed by atoms with Crippen LogP contribution in [0.4, 0.5) is 5.69 Å². The number of hydrogen-bond donors (Lipinski definition) is 1. The smallest absolute Gasteiger partial charge is 0.267 e. The van der Waals surface area contributed by atoms with Crippen LogP contribution in [0.5, 0.6) is 5.75 Å². The Morgan fingerprint density at radius 2 is 1.79 bits per heavy atom. The minimum absolute atomic E-state index is 0.108. The van der Waals surface area contributed by atoms with Crippen molar-refractivity contribution in [1.82, 2.24) is 19.2 Å². The number of carbonyl (C=O) groups is 1. The maximum Gasteiger partial charge on any atom is 0.267 e. The lowest BCUT2D eigenvalue weighted by Crippen LogP contribution is -2.21. The maximum absolute atomic E-state index is 13.3.